The molecule has 18 heavy (non-hydrogen) atoms. The Morgan fingerprint density at radius 1 is 1.56 bits per heavy atom. The van der Waals surface area contributed by atoms with Gasteiger partial charge in [-0.05, 0) is 18.5 Å². The number of likely N-dealkylation sites (N-methyl/N-ethyl adjacent to an activating group) is 1. The highest BCUT2D eigenvalue weighted by Crippen LogP contribution is 2.24. The number of nitro benzene ring substituents is 1. The molecule has 1 rings (SSSR count). The first-order valence-corrected chi connectivity index (χ1v) is 6.53. The summed E-state index contributed by atoms with van der Waals surface area (Å²) in [7, 11) is 1.66. The summed E-state index contributed by atoms with van der Waals surface area (Å²) in [4.78, 5) is 10.2. The zero-order valence-electron chi connectivity index (χ0n) is 10.5. The van der Waals surface area contributed by atoms with Crippen LogP contribution < -0.4 is 5.32 Å². The molecule has 0 heterocycles. The van der Waals surface area contributed by atoms with Gasteiger partial charge in [-0.1, -0.05) is 28.9 Å². The molecule has 1 unspecified atom stereocenters. The van der Waals surface area contributed by atoms with Gasteiger partial charge in [0, 0.05) is 29.8 Å². The summed E-state index contributed by atoms with van der Waals surface area (Å²) in [5.74, 6) is 0. The predicted molar refractivity (Wildman–Crippen MR) is 73.8 cm³/mol. The first kappa shape index (κ1) is 15.1. The van der Waals surface area contributed by atoms with Gasteiger partial charge < -0.3 is 10.1 Å². The van der Waals surface area contributed by atoms with Gasteiger partial charge in [-0.25, -0.2) is 0 Å². The molecule has 0 aliphatic carbocycles. The molecule has 0 spiro atoms. The van der Waals surface area contributed by atoms with Gasteiger partial charge in [0.15, 0.2) is 0 Å². The minimum absolute atomic E-state index is 0.0948. The van der Waals surface area contributed by atoms with Crippen LogP contribution in [0.2, 0.25) is 0 Å². The maximum Gasteiger partial charge on any atom is 0.270 e. The van der Waals surface area contributed by atoms with Gasteiger partial charge in [-0.15, -0.1) is 0 Å². The molecular formula is C12H17BrN2O3. The van der Waals surface area contributed by atoms with Gasteiger partial charge in [-0.3, -0.25) is 10.1 Å². The van der Waals surface area contributed by atoms with Gasteiger partial charge in [0.05, 0.1) is 11.5 Å². The van der Waals surface area contributed by atoms with Crippen LogP contribution in [0.5, 0.6) is 0 Å². The average molecular weight is 317 g/mol. The fraction of sp³-hybridized carbons (Fsp3) is 0.500. The van der Waals surface area contributed by atoms with Gasteiger partial charge >= 0.3 is 0 Å². The summed E-state index contributed by atoms with van der Waals surface area (Å²) in [6.45, 7) is 3.50. The van der Waals surface area contributed by atoms with E-state index in [0.717, 1.165) is 23.0 Å². The Balaban J connectivity index is 2.79. The monoisotopic (exact) mass is 316 g/mol. The number of ether oxygens (including phenoxy) is 1. The third-order valence-electron chi connectivity index (χ3n) is 2.57. The third kappa shape index (κ3) is 4.36. The van der Waals surface area contributed by atoms with E-state index >= 15 is 0 Å². The SMILES string of the molecule is CCNC(COC)Cc1ccc([N+](=O)[O-])cc1Br. The summed E-state index contributed by atoms with van der Waals surface area (Å²) in [5, 5.41) is 14.0. The first-order valence-electron chi connectivity index (χ1n) is 5.73. The standard InChI is InChI=1S/C12H17BrN2O3/c1-3-14-10(8-18-2)6-9-4-5-11(15(16)17)7-12(9)13/h4-5,7,10,14H,3,6,8H2,1-2H3. The number of nitrogens with one attached hydrogen (secondary N) is 1. The Bertz CT molecular complexity index is 406. The third-order valence-corrected chi connectivity index (χ3v) is 3.31. The molecule has 5 nitrogen and oxygen atoms in total. The molecule has 0 aliphatic rings. The highest BCUT2D eigenvalue weighted by atomic mass is 79.9. The van der Waals surface area contributed by atoms with E-state index in [2.05, 4.69) is 21.2 Å². The van der Waals surface area contributed by atoms with Crippen molar-refractivity contribution >= 4 is 21.6 Å². The van der Waals surface area contributed by atoms with E-state index in [0.29, 0.717) is 6.61 Å². The molecule has 0 bridgehead atoms. The van der Waals surface area contributed by atoms with E-state index in [1.807, 2.05) is 6.92 Å². The summed E-state index contributed by atoms with van der Waals surface area (Å²) in [5.41, 5.74) is 1.13. The Labute approximate surface area is 115 Å². The van der Waals surface area contributed by atoms with Crippen LogP contribution in [0.15, 0.2) is 22.7 Å². The Morgan fingerprint density at radius 3 is 2.78 bits per heavy atom. The number of nitrogens with zero attached hydrogens (tertiary/aromatic N) is 1. The van der Waals surface area contributed by atoms with Crippen molar-refractivity contribution in [2.24, 2.45) is 0 Å². The smallest absolute Gasteiger partial charge is 0.270 e. The number of hydrogen-bond acceptors (Lipinski definition) is 4. The molecule has 0 saturated carbocycles. The maximum atomic E-state index is 10.6. The van der Waals surface area contributed by atoms with Crippen molar-refractivity contribution in [2.75, 3.05) is 20.3 Å². The molecule has 0 radical (unpaired) electrons. The van der Waals surface area contributed by atoms with Crippen LogP contribution in [-0.2, 0) is 11.2 Å². The summed E-state index contributed by atoms with van der Waals surface area (Å²) in [6, 6.07) is 5.04. The molecule has 0 aromatic heterocycles. The Morgan fingerprint density at radius 2 is 2.28 bits per heavy atom. The minimum atomic E-state index is -0.397. The van der Waals surface area contributed by atoms with Crippen LogP contribution >= 0.6 is 15.9 Å². The fourth-order valence-electron chi connectivity index (χ4n) is 1.76. The molecule has 0 saturated heterocycles. The van der Waals surface area contributed by atoms with Gasteiger partial charge in [0.25, 0.3) is 5.69 Å². The average Bonchev–Trinajstić information content (AvgIpc) is 2.32. The van der Waals surface area contributed by atoms with E-state index in [9.17, 15) is 10.1 Å². The Kier molecular flexibility index (Phi) is 6.24. The highest BCUT2D eigenvalue weighted by Gasteiger charge is 2.13. The second kappa shape index (κ2) is 7.45. The normalized spacial score (nSPS) is 12.4. The number of hydrogen-bond donors (Lipinski definition) is 1. The molecule has 1 N–H and O–H groups in total. The summed E-state index contributed by atoms with van der Waals surface area (Å²) in [6.07, 6.45) is 0.764. The minimum Gasteiger partial charge on any atom is -0.383 e. The highest BCUT2D eigenvalue weighted by molar-refractivity contribution is 9.10. The zero-order valence-corrected chi connectivity index (χ0v) is 12.1. The second-order valence-corrected chi connectivity index (χ2v) is 4.80. The number of halogens is 1. The lowest BCUT2D eigenvalue weighted by molar-refractivity contribution is -0.384. The lowest BCUT2D eigenvalue weighted by atomic mass is 10.1. The van der Waals surface area contributed by atoms with Gasteiger partial charge in [0.1, 0.15) is 0 Å². The number of benzene rings is 1. The zero-order chi connectivity index (χ0) is 13.5. The van der Waals surface area contributed by atoms with Crippen LogP contribution in [0.3, 0.4) is 0 Å². The van der Waals surface area contributed by atoms with Gasteiger partial charge in [-0.2, -0.15) is 0 Å². The number of rotatable bonds is 7. The topological polar surface area (TPSA) is 64.4 Å². The molecule has 1 aromatic carbocycles. The molecular weight excluding hydrogens is 300 g/mol. The van der Waals surface area contributed by atoms with Crippen LogP contribution in [-0.4, -0.2) is 31.2 Å². The largest absolute Gasteiger partial charge is 0.383 e. The quantitative estimate of drug-likeness (QED) is 0.620. The van der Waals surface area contributed by atoms with E-state index in [1.54, 1.807) is 13.2 Å². The van der Waals surface area contributed by atoms with Crippen LogP contribution in [0.1, 0.15) is 12.5 Å². The van der Waals surface area contributed by atoms with Gasteiger partial charge in [0.2, 0.25) is 0 Å². The predicted octanol–water partition coefficient (Wildman–Crippen LogP) is 2.52. The second-order valence-electron chi connectivity index (χ2n) is 3.95. The first-order chi connectivity index (χ1) is 8.58. The van der Waals surface area contributed by atoms with Crippen molar-refractivity contribution in [1.29, 1.82) is 0 Å². The van der Waals surface area contributed by atoms with Crippen LogP contribution in [0.25, 0.3) is 0 Å². The van der Waals surface area contributed by atoms with E-state index in [4.69, 9.17) is 4.74 Å². The van der Waals surface area contributed by atoms with Crippen molar-refractivity contribution in [3.8, 4) is 0 Å². The summed E-state index contributed by atoms with van der Waals surface area (Å²) < 4.78 is 5.90. The summed E-state index contributed by atoms with van der Waals surface area (Å²) >= 11 is 3.37. The lowest BCUT2D eigenvalue weighted by Gasteiger charge is -2.17. The van der Waals surface area contributed by atoms with Crippen molar-refractivity contribution < 1.29 is 9.66 Å². The molecule has 0 amide bonds. The lowest BCUT2D eigenvalue weighted by Crippen LogP contribution is -2.35. The van der Waals surface area contributed by atoms with Crippen molar-refractivity contribution in [2.45, 2.75) is 19.4 Å². The molecule has 0 fully saturated rings. The number of non-ortho nitro benzene ring substituents is 1. The molecule has 1 aromatic rings. The van der Waals surface area contributed by atoms with E-state index in [-0.39, 0.29) is 11.7 Å². The molecule has 100 valence electrons. The number of methoxy groups -OCH3 is 1. The molecule has 0 aliphatic heterocycles. The van der Waals surface area contributed by atoms with Crippen LogP contribution in [0, 0.1) is 10.1 Å². The maximum absolute atomic E-state index is 10.6. The number of nitro groups is 1. The molecule has 1 atom stereocenters. The van der Waals surface area contributed by atoms with Crippen molar-refractivity contribution in [1.82, 2.24) is 5.32 Å². The van der Waals surface area contributed by atoms with Crippen molar-refractivity contribution in [3.05, 3.63) is 38.3 Å². The molecule has 6 heteroatoms. The van der Waals surface area contributed by atoms with Crippen LogP contribution in [0.4, 0.5) is 5.69 Å². The fourth-order valence-corrected chi connectivity index (χ4v) is 2.29. The van der Waals surface area contributed by atoms with E-state index < -0.39 is 4.92 Å². The van der Waals surface area contributed by atoms with E-state index in [1.165, 1.54) is 12.1 Å². The van der Waals surface area contributed by atoms with Crippen molar-refractivity contribution in [3.63, 3.8) is 0 Å². The Hall–Kier alpha value is -0.980.